The van der Waals surface area contributed by atoms with Crippen LogP contribution in [0.25, 0.3) is 0 Å². The highest BCUT2D eigenvalue weighted by Crippen LogP contribution is 1.86. The summed E-state index contributed by atoms with van der Waals surface area (Å²) in [6.45, 7) is 9.44. The van der Waals surface area contributed by atoms with E-state index in [1.807, 2.05) is 0 Å². The van der Waals surface area contributed by atoms with E-state index in [0.29, 0.717) is 6.04 Å². The van der Waals surface area contributed by atoms with Gasteiger partial charge < -0.3 is 4.90 Å². The molecule has 3 nitrogen and oxygen atoms in total. The van der Waals surface area contributed by atoms with Crippen molar-refractivity contribution in [3.63, 3.8) is 0 Å². The molecular formula is C11H24N3+. The molecule has 0 aromatic carbocycles. The molecule has 0 rings (SSSR count). The third kappa shape index (κ3) is 7.96. The van der Waals surface area contributed by atoms with Crippen molar-refractivity contribution >= 4 is 6.01 Å². The van der Waals surface area contributed by atoms with Gasteiger partial charge in [0.1, 0.15) is 6.04 Å². The van der Waals surface area contributed by atoms with Crippen LogP contribution in [0.4, 0.5) is 0 Å². The smallest absolute Gasteiger partial charge is 0.306 e. The second kappa shape index (κ2) is 7.72. The van der Waals surface area contributed by atoms with E-state index in [4.69, 9.17) is 0 Å². The lowest BCUT2D eigenvalue weighted by atomic mass is 10.4. The van der Waals surface area contributed by atoms with Crippen LogP contribution < -0.4 is 0 Å². The molecule has 0 radical (unpaired) electrons. The van der Waals surface area contributed by atoms with Crippen molar-refractivity contribution in [1.29, 1.82) is 0 Å². The first-order valence-electron chi connectivity index (χ1n) is 5.41. The maximum absolute atomic E-state index is 4.26. The molecule has 82 valence electrons. The van der Waals surface area contributed by atoms with Crippen molar-refractivity contribution in [3.05, 3.63) is 0 Å². The number of rotatable bonds is 6. The van der Waals surface area contributed by atoms with Gasteiger partial charge in [0.15, 0.2) is 0 Å². The molecule has 0 unspecified atom stereocenters. The molecule has 0 aliphatic heterocycles. The van der Waals surface area contributed by atoms with Gasteiger partial charge in [-0.05, 0) is 46.3 Å². The van der Waals surface area contributed by atoms with Gasteiger partial charge in [-0.1, -0.05) is 0 Å². The van der Waals surface area contributed by atoms with Gasteiger partial charge in [-0.2, -0.15) is 0 Å². The quantitative estimate of drug-likeness (QED) is 0.468. The highest BCUT2D eigenvalue weighted by atomic mass is 15.1. The van der Waals surface area contributed by atoms with Crippen LogP contribution in [0.5, 0.6) is 0 Å². The van der Waals surface area contributed by atoms with E-state index in [-0.39, 0.29) is 0 Å². The van der Waals surface area contributed by atoms with Crippen LogP contribution >= 0.6 is 0 Å². The molecule has 0 amide bonds. The van der Waals surface area contributed by atoms with E-state index in [2.05, 4.69) is 55.3 Å². The van der Waals surface area contributed by atoms with E-state index in [1.165, 1.54) is 6.42 Å². The summed E-state index contributed by atoms with van der Waals surface area (Å²) in [7, 11) is 4.20. The Kier molecular flexibility index (Phi) is 7.35. The molecule has 0 saturated heterocycles. The Morgan fingerprint density at radius 2 is 2.00 bits per heavy atom. The maximum Gasteiger partial charge on any atom is 0.306 e. The van der Waals surface area contributed by atoms with Crippen LogP contribution in [-0.2, 0) is 0 Å². The fourth-order valence-electron chi connectivity index (χ4n) is 1.05. The zero-order chi connectivity index (χ0) is 11.0. The molecule has 0 spiro atoms. The van der Waals surface area contributed by atoms with Crippen LogP contribution in [0.3, 0.4) is 0 Å². The number of nitrogens with zero attached hydrogens (tertiary/aromatic N) is 3. The van der Waals surface area contributed by atoms with E-state index in [1.54, 1.807) is 0 Å². The first kappa shape index (κ1) is 13.3. The minimum atomic E-state index is 0.345. The monoisotopic (exact) mass is 198 g/mol. The molecule has 0 fully saturated rings. The summed E-state index contributed by atoms with van der Waals surface area (Å²) in [4.78, 5) is 6.46. The summed E-state index contributed by atoms with van der Waals surface area (Å²) in [5.41, 5.74) is 0. The minimum absolute atomic E-state index is 0.345. The molecule has 0 aliphatic rings. The van der Waals surface area contributed by atoms with Crippen molar-refractivity contribution < 1.29 is 4.58 Å². The van der Waals surface area contributed by atoms with Gasteiger partial charge >= 0.3 is 6.01 Å². The van der Waals surface area contributed by atoms with E-state index >= 15 is 0 Å². The molecule has 0 aromatic rings. The summed E-state index contributed by atoms with van der Waals surface area (Å²) in [6, 6.07) is 3.43. The molecule has 3 heteroatoms. The Hall–Kier alpha value is -0.660. The molecule has 0 N–H and O–H groups in total. The zero-order valence-electron chi connectivity index (χ0n) is 10.2. The van der Waals surface area contributed by atoms with Gasteiger partial charge in [-0.3, -0.25) is 0 Å². The van der Waals surface area contributed by atoms with Crippen LogP contribution in [0.1, 0.15) is 27.2 Å². The summed E-state index contributed by atoms with van der Waals surface area (Å²) >= 11 is 0. The fourth-order valence-corrected chi connectivity index (χ4v) is 1.05. The Morgan fingerprint density at radius 1 is 1.36 bits per heavy atom. The van der Waals surface area contributed by atoms with E-state index in [0.717, 1.165) is 19.6 Å². The van der Waals surface area contributed by atoms with Gasteiger partial charge in [0.05, 0.1) is 13.1 Å². The second-order valence-electron chi connectivity index (χ2n) is 4.06. The predicted molar refractivity (Wildman–Crippen MR) is 61.4 cm³/mol. The lowest BCUT2D eigenvalue weighted by molar-refractivity contribution is -0.518. The van der Waals surface area contributed by atoms with Crippen molar-refractivity contribution in [2.75, 3.05) is 33.7 Å². The van der Waals surface area contributed by atoms with Crippen molar-refractivity contribution in [2.45, 2.75) is 33.2 Å². The first-order chi connectivity index (χ1) is 6.56. The highest BCUT2D eigenvalue weighted by molar-refractivity contribution is 5.34. The summed E-state index contributed by atoms with van der Waals surface area (Å²) in [5.74, 6) is 0. The molecule has 0 aliphatic carbocycles. The fraction of sp³-hybridized carbons (Fsp3) is 0.909. The number of hydrogen-bond donors (Lipinski definition) is 0. The summed E-state index contributed by atoms with van der Waals surface area (Å²) in [5, 5.41) is 0. The second-order valence-corrected chi connectivity index (χ2v) is 4.06. The average Bonchev–Trinajstić information content (AvgIpc) is 2.10. The third-order valence-electron chi connectivity index (χ3n) is 1.87. The van der Waals surface area contributed by atoms with Crippen molar-refractivity contribution in [1.82, 2.24) is 4.90 Å². The summed E-state index contributed by atoms with van der Waals surface area (Å²) < 4.78 is 2.14. The highest BCUT2D eigenvalue weighted by Gasteiger charge is 1.98. The third-order valence-corrected chi connectivity index (χ3v) is 1.87. The lowest BCUT2D eigenvalue weighted by Gasteiger charge is -2.07. The predicted octanol–water partition coefficient (Wildman–Crippen LogP) is 1.55. The van der Waals surface area contributed by atoms with Crippen LogP contribution in [0.15, 0.2) is 4.99 Å². The van der Waals surface area contributed by atoms with Crippen LogP contribution in [0.2, 0.25) is 0 Å². The Labute approximate surface area is 88.1 Å². The molecular weight excluding hydrogens is 174 g/mol. The topological polar surface area (TPSA) is 18.6 Å². The van der Waals surface area contributed by atoms with Gasteiger partial charge in [-0.25, -0.2) is 4.58 Å². The normalized spacial score (nSPS) is 10.5. The number of hydrogen-bond acceptors (Lipinski definition) is 2. The van der Waals surface area contributed by atoms with Crippen molar-refractivity contribution in [2.24, 2.45) is 4.99 Å². The van der Waals surface area contributed by atoms with E-state index < -0.39 is 0 Å². The molecule has 14 heavy (non-hydrogen) atoms. The Balaban J connectivity index is 3.97. The lowest BCUT2D eigenvalue weighted by Crippen LogP contribution is -2.19. The average molecular weight is 198 g/mol. The number of aliphatic imine (C=N–C) groups is 1. The van der Waals surface area contributed by atoms with Gasteiger partial charge in [0.2, 0.25) is 0 Å². The maximum atomic E-state index is 4.26. The van der Waals surface area contributed by atoms with Gasteiger partial charge in [0, 0.05) is 6.54 Å². The SMILES string of the molecule is CC[N+](=C=NC(C)C)CCCN(C)C. The molecule has 0 aromatic heterocycles. The standard InChI is InChI=1S/C11H24N3/c1-6-14(10-12-11(2)3)9-7-8-13(4)5/h11H,6-9H2,1-5H3/q+1. The molecule has 0 heterocycles. The molecule has 0 atom stereocenters. The summed E-state index contributed by atoms with van der Waals surface area (Å²) in [6.07, 6.45) is 1.17. The molecule has 0 saturated carbocycles. The van der Waals surface area contributed by atoms with Crippen molar-refractivity contribution in [3.8, 4) is 0 Å². The van der Waals surface area contributed by atoms with Gasteiger partial charge in [0.25, 0.3) is 0 Å². The largest absolute Gasteiger partial charge is 0.309 e. The first-order valence-corrected chi connectivity index (χ1v) is 5.41. The van der Waals surface area contributed by atoms with Crippen LogP contribution in [0, 0.1) is 0 Å². The van der Waals surface area contributed by atoms with Gasteiger partial charge in [-0.15, -0.1) is 0 Å². The Morgan fingerprint density at radius 3 is 2.43 bits per heavy atom. The molecule has 0 bridgehead atoms. The van der Waals surface area contributed by atoms with E-state index in [9.17, 15) is 0 Å². The Bertz CT molecular complexity index is 201. The van der Waals surface area contributed by atoms with Crippen LogP contribution in [-0.4, -0.2) is 55.3 Å². The zero-order valence-corrected chi connectivity index (χ0v) is 10.2. The minimum Gasteiger partial charge on any atom is -0.309 e.